The summed E-state index contributed by atoms with van der Waals surface area (Å²) in [7, 11) is 0. The fourth-order valence-electron chi connectivity index (χ4n) is 1.58. The van der Waals surface area contributed by atoms with Gasteiger partial charge < -0.3 is 5.73 Å². The molecule has 1 aromatic heterocycles. The Kier molecular flexibility index (Phi) is 4.28. The summed E-state index contributed by atoms with van der Waals surface area (Å²) in [6.07, 6.45) is 1.81. The van der Waals surface area contributed by atoms with Gasteiger partial charge in [-0.25, -0.2) is 18.4 Å². The molecule has 5 nitrogen and oxygen atoms in total. The van der Waals surface area contributed by atoms with E-state index in [2.05, 4.69) is 21.0 Å². The van der Waals surface area contributed by atoms with Crippen LogP contribution in [-0.2, 0) is 6.54 Å². The van der Waals surface area contributed by atoms with Crippen molar-refractivity contribution in [3.8, 4) is 5.69 Å². The van der Waals surface area contributed by atoms with Gasteiger partial charge in [0.1, 0.15) is 6.33 Å². The number of hydrogen-bond donors (Lipinski definition) is 1. The summed E-state index contributed by atoms with van der Waals surface area (Å²) in [5.74, 6) is 0. The summed E-state index contributed by atoms with van der Waals surface area (Å²) in [5.41, 5.74) is 6.00. The van der Waals surface area contributed by atoms with Crippen molar-refractivity contribution in [1.29, 1.82) is 0 Å². The number of hydrogen-bond acceptors (Lipinski definition) is 3. The largest absolute Gasteiger partial charge is 0.350 e. The molecule has 0 saturated heterocycles. The van der Waals surface area contributed by atoms with Crippen molar-refractivity contribution in [2.45, 2.75) is 6.54 Å². The molecule has 100 valence electrons. The van der Waals surface area contributed by atoms with Crippen LogP contribution in [0.1, 0.15) is 0 Å². The molecule has 19 heavy (non-hydrogen) atoms. The minimum absolute atomic E-state index is 0.0483. The Hall–Kier alpha value is -1.73. The minimum Gasteiger partial charge on any atom is -0.327 e. The molecule has 2 rings (SSSR count). The summed E-state index contributed by atoms with van der Waals surface area (Å²) in [6.45, 7) is 0.0967. The normalized spacial score (nSPS) is 11.8. The van der Waals surface area contributed by atoms with Crippen LogP contribution in [-0.4, -0.2) is 20.9 Å². The van der Waals surface area contributed by atoms with E-state index in [0.29, 0.717) is 17.6 Å². The SMILES string of the molecule is NC/C(=C/F)Cn1ncn(-c2cccc(Br)c2)c1=O. The van der Waals surface area contributed by atoms with E-state index in [-0.39, 0.29) is 18.8 Å². The van der Waals surface area contributed by atoms with E-state index in [1.54, 1.807) is 12.1 Å². The number of nitrogens with zero attached hydrogens (tertiary/aromatic N) is 3. The van der Waals surface area contributed by atoms with Crippen LogP contribution < -0.4 is 11.4 Å². The fourth-order valence-corrected chi connectivity index (χ4v) is 1.97. The number of halogens is 2. The molecule has 0 aliphatic rings. The first-order valence-corrected chi connectivity index (χ1v) is 6.33. The van der Waals surface area contributed by atoms with Crippen LogP contribution in [0.2, 0.25) is 0 Å². The van der Waals surface area contributed by atoms with Gasteiger partial charge in [-0.05, 0) is 23.8 Å². The summed E-state index contributed by atoms with van der Waals surface area (Å²) in [5, 5.41) is 3.95. The van der Waals surface area contributed by atoms with Gasteiger partial charge in [-0.3, -0.25) is 0 Å². The second-order valence-electron chi connectivity index (χ2n) is 3.89. The molecule has 0 aliphatic carbocycles. The molecule has 0 aliphatic heterocycles. The lowest BCUT2D eigenvalue weighted by molar-refractivity contribution is 0.612. The second kappa shape index (κ2) is 5.94. The van der Waals surface area contributed by atoms with E-state index in [0.717, 1.165) is 4.47 Å². The quantitative estimate of drug-likeness (QED) is 0.928. The molecule has 0 saturated carbocycles. The van der Waals surface area contributed by atoms with Gasteiger partial charge in [-0.2, -0.15) is 5.10 Å². The van der Waals surface area contributed by atoms with E-state index in [4.69, 9.17) is 5.73 Å². The van der Waals surface area contributed by atoms with Gasteiger partial charge in [0.05, 0.1) is 18.6 Å². The highest BCUT2D eigenvalue weighted by Crippen LogP contribution is 2.13. The fraction of sp³-hybridized carbons (Fsp3) is 0.167. The Morgan fingerprint density at radius 1 is 1.53 bits per heavy atom. The number of rotatable bonds is 4. The zero-order chi connectivity index (χ0) is 13.8. The van der Waals surface area contributed by atoms with E-state index in [1.807, 2.05) is 12.1 Å². The van der Waals surface area contributed by atoms with Crippen molar-refractivity contribution in [3.05, 3.63) is 57.5 Å². The van der Waals surface area contributed by atoms with Crippen molar-refractivity contribution in [2.24, 2.45) is 5.73 Å². The summed E-state index contributed by atoms with van der Waals surface area (Å²) in [4.78, 5) is 12.1. The van der Waals surface area contributed by atoms with Gasteiger partial charge >= 0.3 is 5.69 Å². The zero-order valence-electron chi connectivity index (χ0n) is 9.96. The molecule has 1 aromatic carbocycles. The molecule has 0 radical (unpaired) electrons. The summed E-state index contributed by atoms with van der Waals surface area (Å²) in [6, 6.07) is 7.25. The number of aromatic nitrogens is 3. The van der Waals surface area contributed by atoms with E-state index >= 15 is 0 Å². The highest BCUT2D eigenvalue weighted by molar-refractivity contribution is 9.10. The molecule has 2 aromatic rings. The molecule has 1 heterocycles. The van der Waals surface area contributed by atoms with Crippen LogP contribution in [0.15, 0.2) is 51.8 Å². The first-order chi connectivity index (χ1) is 9.15. The Bertz CT molecular complexity index is 662. The van der Waals surface area contributed by atoms with E-state index in [9.17, 15) is 9.18 Å². The van der Waals surface area contributed by atoms with Gasteiger partial charge in [0.25, 0.3) is 0 Å². The van der Waals surface area contributed by atoms with Crippen molar-refractivity contribution >= 4 is 15.9 Å². The van der Waals surface area contributed by atoms with Crippen molar-refractivity contribution in [3.63, 3.8) is 0 Å². The smallest absolute Gasteiger partial charge is 0.327 e. The maximum absolute atomic E-state index is 12.5. The van der Waals surface area contributed by atoms with Gasteiger partial charge in [-0.15, -0.1) is 0 Å². The van der Waals surface area contributed by atoms with Gasteiger partial charge in [0.15, 0.2) is 0 Å². The predicted molar refractivity (Wildman–Crippen MR) is 73.8 cm³/mol. The summed E-state index contributed by atoms with van der Waals surface area (Å²) >= 11 is 3.34. The first kappa shape index (κ1) is 13.7. The van der Waals surface area contributed by atoms with E-state index in [1.165, 1.54) is 15.6 Å². The molecular weight excluding hydrogens is 315 g/mol. The molecule has 0 atom stereocenters. The third kappa shape index (κ3) is 2.99. The monoisotopic (exact) mass is 326 g/mol. The first-order valence-electron chi connectivity index (χ1n) is 5.54. The molecular formula is C12H12BrFN4O. The van der Waals surface area contributed by atoms with Crippen molar-refractivity contribution in [1.82, 2.24) is 14.3 Å². The van der Waals surface area contributed by atoms with Crippen LogP contribution in [0, 0.1) is 0 Å². The lowest BCUT2D eigenvalue weighted by Gasteiger charge is -2.02. The van der Waals surface area contributed by atoms with Crippen LogP contribution in [0.25, 0.3) is 5.69 Å². The highest BCUT2D eigenvalue weighted by Gasteiger charge is 2.08. The van der Waals surface area contributed by atoms with Crippen LogP contribution in [0.5, 0.6) is 0 Å². The standard InChI is InChI=1S/C12H12BrFN4O/c13-10-2-1-3-11(4-10)17-8-16-18(12(17)19)7-9(5-14)6-15/h1-5,8H,6-7,15H2/b9-5-. The Balaban J connectivity index is 2.36. The van der Waals surface area contributed by atoms with E-state index < -0.39 is 0 Å². The summed E-state index contributed by atoms with van der Waals surface area (Å²) < 4.78 is 15.9. The maximum atomic E-state index is 12.5. The van der Waals surface area contributed by atoms with Crippen LogP contribution in [0.3, 0.4) is 0 Å². The molecule has 2 N–H and O–H groups in total. The minimum atomic E-state index is -0.342. The van der Waals surface area contributed by atoms with Crippen molar-refractivity contribution < 1.29 is 4.39 Å². The van der Waals surface area contributed by atoms with Gasteiger partial charge in [0.2, 0.25) is 0 Å². The Morgan fingerprint density at radius 3 is 2.95 bits per heavy atom. The number of benzene rings is 1. The average Bonchev–Trinajstić information content (AvgIpc) is 2.77. The lowest BCUT2D eigenvalue weighted by Crippen LogP contribution is -2.25. The molecule has 0 bridgehead atoms. The molecule has 7 heteroatoms. The molecule has 0 unspecified atom stereocenters. The van der Waals surface area contributed by atoms with Crippen LogP contribution >= 0.6 is 15.9 Å². The van der Waals surface area contributed by atoms with Gasteiger partial charge in [-0.1, -0.05) is 22.0 Å². The Morgan fingerprint density at radius 2 is 2.32 bits per heavy atom. The molecule has 0 spiro atoms. The predicted octanol–water partition coefficient (Wildman–Crippen LogP) is 1.61. The van der Waals surface area contributed by atoms with Crippen LogP contribution in [0.4, 0.5) is 4.39 Å². The topological polar surface area (TPSA) is 65.8 Å². The van der Waals surface area contributed by atoms with Crippen molar-refractivity contribution in [2.75, 3.05) is 6.54 Å². The lowest BCUT2D eigenvalue weighted by atomic mass is 10.3. The maximum Gasteiger partial charge on any atom is 0.350 e. The molecule has 0 amide bonds. The second-order valence-corrected chi connectivity index (χ2v) is 4.81. The zero-order valence-corrected chi connectivity index (χ0v) is 11.5. The number of nitrogens with two attached hydrogens (primary N) is 1. The third-order valence-corrected chi connectivity index (χ3v) is 3.08. The third-order valence-electron chi connectivity index (χ3n) is 2.59. The van der Waals surface area contributed by atoms with Gasteiger partial charge in [0, 0.05) is 11.0 Å². The average molecular weight is 327 g/mol. The Labute approximate surface area is 117 Å². The highest BCUT2D eigenvalue weighted by atomic mass is 79.9. The molecule has 0 fully saturated rings.